The normalized spacial score (nSPS) is 11.5. The SMILES string of the molecule is COC(=O)C(Cc1cnc(Nc2ccccc2)nc1Nc1ccccc1)c1ccccc1C. The molecule has 0 saturated heterocycles. The lowest BCUT2D eigenvalue weighted by molar-refractivity contribution is -0.142. The second kappa shape index (κ2) is 10.4. The Bertz CT molecular complexity index is 1210. The molecule has 0 saturated carbocycles. The summed E-state index contributed by atoms with van der Waals surface area (Å²) in [5.74, 6) is 0.344. The van der Waals surface area contributed by atoms with Crippen LogP contribution in [0.4, 0.5) is 23.1 Å². The van der Waals surface area contributed by atoms with Crippen LogP contribution >= 0.6 is 0 Å². The predicted molar refractivity (Wildman–Crippen MR) is 131 cm³/mol. The van der Waals surface area contributed by atoms with Crippen LogP contribution < -0.4 is 10.6 Å². The van der Waals surface area contributed by atoms with E-state index in [2.05, 4.69) is 15.6 Å². The van der Waals surface area contributed by atoms with Gasteiger partial charge in [-0.3, -0.25) is 4.79 Å². The average Bonchev–Trinajstić information content (AvgIpc) is 2.85. The molecule has 3 aromatic carbocycles. The number of rotatable bonds is 8. The Morgan fingerprint density at radius 1 is 0.879 bits per heavy atom. The number of para-hydroxylation sites is 2. The molecule has 0 fully saturated rings. The number of methoxy groups -OCH3 is 1. The van der Waals surface area contributed by atoms with E-state index in [1.54, 1.807) is 6.20 Å². The zero-order valence-electron chi connectivity index (χ0n) is 18.7. The molecule has 0 radical (unpaired) electrons. The Morgan fingerprint density at radius 3 is 2.12 bits per heavy atom. The van der Waals surface area contributed by atoms with Crippen molar-refractivity contribution < 1.29 is 9.53 Å². The number of nitrogens with zero attached hydrogens (tertiary/aromatic N) is 2. The number of esters is 1. The fourth-order valence-corrected chi connectivity index (χ4v) is 3.69. The van der Waals surface area contributed by atoms with Crippen molar-refractivity contribution in [2.75, 3.05) is 17.7 Å². The summed E-state index contributed by atoms with van der Waals surface area (Å²) < 4.78 is 5.14. The molecule has 0 aliphatic rings. The van der Waals surface area contributed by atoms with Gasteiger partial charge < -0.3 is 15.4 Å². The van der Waals surface area contributed by atoms with E-state index < -0.39 is 5.92 Å². The molecule has 0 aliphatic carbocycles. The molecule has 166 valence electrons. The van der Waals surface area contributed by atoms with Crippen LogP contribution in [0, 0.1) is 6.92 Å². The summed E-state index contributed by atoms with van der Waals surface area (Å²) >= 11 is 0. The minimum absolute atomic E-state index is 0.290. The summed E-state index contributed by atoms with van der Waals surface area (Å²) in [6.45, 7) is 2.00. The van der Waals surface area contributed by atoms with Crippen LogP contribution in [-0.2, 0) is 16.0 Å². The van der Waals surface area contributed by atoms with Gasteiger partial charge in [-0.25, -0.2) is 4.98 Å². The summed E-state index contributed by atoms with van der Waals surface area (Å²) in [7, 11) is 1.42. The standard InChI is InChI=1S/C27H26N4O2/c1-19-11-9-10-16-23(19)24(26(32)33-2)17-20-18-28-27(30-22-14-7-4-8-15-22)31-25(20)29-21-12-5-3-6-13-21/h3-16,18,24H,17H2,1-2H3,(H2,28,29,30,31). The summed E-state index contributed by atoms with van der Waals surface area (Å²) in [4.78, 5) is 22.0. The number of anilines is 4. The summed E-state index contributed by atoms with van der Waals surface area (Å²) in [5, 5.41) is 6.62. The van der Waals surface area contributed by atoms with E-state index in [0.29, 0.717) is 18.2 Å². The molecule has 2 N–H and O–H groups in total. The van der Waals surface area contributed by atoms with Crippen LogP contribution in [0.5, 0.6) is 0 Å². The first-order chi connectivity index (χ1) is 16.1. The topological polar surface area (TPSA) is 76.1 Å². The predicted octanol–water partition coefficient (Wildman–Crippen LogP) is 5.77. The number of aromatic nitrogens is 2. The lowest BCUT2D eigenvalue weighted by Crippen LogP contribution is -2.19. The van der Waals surface area contributed by atoms with E-state index in [4.69, 9.17) is 9.72 Å². The van der Waals surface area contributed by atoms with Crippen molar-refractivity contribution in [2.24, 2.45) is 0 Å². The Balaban J connectivity index is 1.70. The van der Waals surface area contributed by atoms with Gasteiger partial charge in [-0.1, -0.05) is 60.7 Å². The van der Waals surface area contributed by atoms with Gasteiger partial charge >= 0.3 is 5.97 Å². The van der Waals surface area contributed by atoms with E-state index in [1.807, 2.05) is 91.9 Å². The van der Waals surface area contributed by atoms with Crippen LogP contribution in [-0.4, -0.2) is 23.0 Å². The Labute approximate surface area is 193 Å². The van der Waals surface area contributed by atoms with Crippen molar-refractivity contribution >= 4 is 29.1 Å². The van der Waals surface area contributed by atoms with Crippen LogP contribution in [0.3, 0.4) is 0 Å². The first-order valence-corrected chi connectivity index (χ1v) is 10.8. The third kappa shape index (κ3) is 5.54. The van der Waals surface area contributed by atoms with Crippen LogP contribution in [0.2, 0.25) is 0 Å². The number of carbonyl (C=O) groups is 1. The lowest BCUT2D eigenvalue weighted by Gasteiger charge is -2.19. The van der Waals surface area contributed by atoms with E-state index >= 15 is 0 Å². The minimum Gasteiger partial charge on any atom is -0.469 e. The number of hydrogen-bond donors (Lipinski definition) is 2. The molecule has 0 bridgehead atoms. The van der Waals surface area contributed by atoms with Gasteiger partial charge in [-0.05, 0) is 48.7 Å². The largest absolute Gasteiger partial charge is 0.469 e. The second-order valence-corrected chi connectivity index (χ2v) is 7.69. The summed E-state index contributed by atoms with van der Waals surface area (Å²) in [6, 6.07) is 27.4. The molecule has 4 aromatic rings. The highest BCUT2D eigenvalue weighted by Gasteiger charge is 2.25. The van der Waals surface area contributed by atoms with Gasteiger partial charge in [-0.15, -0.1) is 0 Å². The highest BCUT2D eigenvalue weighted by Crippen LogP contribution is 2.29. The first kappa shape index (κ1) is 22.0. The highest BCUT2D eigenvalue weighted by molar-refractivity contribution is 5.79. The average molecular weight is 439 g/mol. The Hall–Kier alpha value is -4.19. The molecule has 0 aliphatic heterocycles. The quantitative estimate of drug-likeness (QED) is 0.340. The van der Waals surface area contributed by atoms with Gasteiger partial charge in [0.05, 0.1) is 13.0 Å². The zero-order valence-corrected chi connectivity index (χ0v) is 18.7. The number of aryl methyl sites for hydroxylation is 1. The van der Waals surface area contributed by atoms with Gasteiger partial charge in [0.2, 0.25) is 5.95 Å². The van der Waals surface area contributed by atoms with E-state index in [-0.39, 0.29) is 5.97 Å². The Kier molecular flexibility index (Phi) is 6.95. The first-order valence-electron chi connectivity index (χ1n) is 10.8. The van der Waals surface area contributed by atoms with Crippen LogP contribution in [0.15, 0.2) is 91.1 Å². The zero-order chi connectivity index (χ0) is 23.0. The van der Waals surface area contributed by atoms with Gasteiger partial charge in [0.25, 0.3) is 0 Å². The number of benzene rings is 3. The third-order valence-electron chi connectivity index (χ3n) is 5.40. The van der Waals surface area contributed by atoms with Crippen molar-refractivity contribution in [3.05, 3.63) is 108 Å². The Morgan fingerprint density at radius 2 is 1.48 bits per heavy atom. The van der Waals surface area contributed by atoms with Crippen LogP contribution in [0.1, 0.15) is 22.6 Å². The molecule has 1 heterocycles. The van der Waals surface area contributed by atoms with Crippen LogP contribution in [0.25, 0.3) is 0 Å². The molecule has 1 atom stereocenters. The number of hydrogen-bond acceptors (Lipinski definition) is 6. The van der Waals surface area contributed by atoms with Crippen molar-refractivity contribution in [3.63, 3.8) is 0 Å². The fraction of sp³-hybridized carbons (Fsp3) is 0.148. The molecular weight excluding hydrogens is 412 g/mol. The van der Waals surface area contributed by atoms with Crippen molar-refractivity contribution in [1.29, 1.82) is 0 Å². The molecule has 4 rings (SSSR count). The third-order valence-corrected chi connectivity index (χ3v) is 5.40. The molecule has 6 nitrogen and oxygen atoms in total. The highest BCUT2D eigenvalue weighted by atomic mass is 16.5. The smallest absolute Gasteiger partial charge is 0.313 e. The maximum absolute atomic E-state index is 12.8. The molecule has 0 spiro atoms. The maximum atomic E-state index is 12.8. The van der Waals surface area contributed by atoms with E-state index in [9.17, 15) is 4.79 Å². The van der Waals surface area contributed by atoms with E-state index in [0.717, 1.165) is 28.1 Å². The lowest BCUT2D eigenvalue weighted by atomic mass is 9.89. The number of nitrogens with one attached hydrogen (secondary N) is 2. The molecular formula is C27H26N4O2. The monoisotopic (exact) mass is 438 g/mol. The summed E-state index contributed by atoms with van der Waals surface area (Å²) in [6.07, 6.45) is 2.16. The summed E-state index contributed by atoms with van der Waals surface area (Å²) in [5.41, 5.74) is 4.57. The second-order valence-electron chi connectivity index (χ2n) is 7.69. The van der Waals surface area contributed by atoms with Gasteiger partial charge in [-0.2, -0.15) is 4.98 Å². The molecule has 1 unspecified atom stereocenters. The van der Waals surface area contributed by atoms with Gasteiger partial charge in [0.15, 0.2) is 0 Å². The molecule has 6 heteroatoms. The van der Waals surface area contributed by atoms with E-state index in [1.165, 1.54) is 7.11 Å². The number of carbonyl (C=O) groups excluding carboxylic acids is 1. The van der Waals surface area contributed by atoms with Gasteiger partial charge in [0.1, 0.15) is 5.82 Å². The molecule has 33 heavy (non-hydrogen) atoms. The maximum Gasteiger partial charge on any atom is 0.313 e. The fourth-order valence-electron chi connectivity index (χ4n) is 3.69. The van der Waals surface area contributed by atoms with Crippen molar-refractivity contribution in [1.82, 2.24) is 9.97 Å². The minimum atomic E-state index is -0.468. The van der Waals surface area contributed by atoms with Crippen molar-refractivity contribution in [3.8, 4) is 0 Å². The van der Waals surface area contributed by atoms with Gasteiger partial charge in [0, 0.05) is 23.1 Å². The molecule has 1 aromatic heterocycles. The molecule has 0 amide bonds. The number of ether oxygens (including phenoxy) is 1. The van der Waals surface area contributed by atoms with Crippen molar-refractivity contribution in [2.45, 2.75) is 19.3 Å².